The van der Waals surface area contributed by atoms with E-state index in [9.17, 15) is 39.0 Å². The number of aliphatic carboxylic acids is 3. The number of amides is 2. The summed E-state index contributed by atoms with van der Waals surface area (Å²) >= 11 is 0. The van der Waals surface area contributed by atoms with Gasteiger partial charge < -0.3 is 26.0 Å². The smallest absolute Gasteiger partial charge is 0.326 e. The Hall–Kier alpha value is -2.98. The fourth-order valence-electron chi connectivity index (χ4n) is 5.01. The lowest BCUT2D eigenvalue weighted by Gasteiger charge is -2.19. The van der Waals surface area contributed by atoms with Crippen LogP contribution in [0.2, 0.25) is 0 Å². The molecule has 0 aliphatic rings. The lowest BCUT2D eigenvalue weighted by molar-refractivity contribution is -0.143. The van der Waals surface area contributed by atoms with Crippen LogP contribution in [0.25, 0.3) is 0 Å². The molecule has 0 saturated heterocycles. The van der Waals surface area contributed by atoms with Crippen LogP contribution in [-0.2, 0) is 28.8 Å². The number of carboxylic acid groups (broad SMARTS) is 3. The Labute approximate surface area is 269 Å². The number of hydrogen-bond donors (Lipinski definition) is 5. The molecule has 0 radical (unpaired) electrons. The zero-order valence-corrected chi connectivity index (χ0v) is 28.0. The van der Waals surface area contributed by atoms with E-state index in [-0.39, 0.29) is 50.2 Å². The predicted molar refractivity (Wildman–Crippen MR) is 173 cm³/mol. The molecule has 0 heterocycles. The zero-order chi connectivity index (χ0) is 34.1. The summed E-state index contributed by atoms with van der Waals surface area (Å²) in [5.74, 6) is -4.38. The molecule has 0 aliphatic heterocycles. The van der Waals surface area contributed by atoms with Gasteiger partial charge in [-0.25, -0.2) is 9.59 Å². The number of carboxylic acids is 3. The van der Waals surface area contributed by atoms with Crippen LogP contribution in [0.1, 0.15) is 162 Å². The van der Waals surface area contributed by atoms with Gasteiger partial charge in [-0.05, 0) is 25.7 Å². The SMILES string of the molecule is CC(C)(C)C(=O)CC[C@H](NC(=O)CC[C@H](NC(=O)CCCCCCCCCCCCCCCCCCC(=O)O)C(=O)O)C(=O)O. The van der Waals surface area contributed by atoms with Crippen LogP contribution in [0.3, 0.4) is 0 Å². The molecule has 0 fully saturated rings. The Morgan fingerprint density at radius 2 is 0.778 bits per heavy atom. The molecule has 0 bridgehead atoms. The third-order valence-corrected chi connectivity index (χ3v) is 7.97. The maximum Gasteiger partial charge on any atom is 0.326 e. The Bertz CT molecular complexity index is 899. The van der Waals surface area contributed by atoms with Crippen LogP contribution in [0.15, 0.2) is 0 Å². The van der Waals surface area contributed by atoms with Crippen molar-refractivity contribution in [3.05, 3.63) is 0 Å². The van der Waals surface area contributed by atoms with Crippen molar-refractivity contribution >= 4 is 35.5 Å². The van der Waals surface area contributed by atoms with Crippen LogP contribution in [0.4, 0.5) is 0 Å². The van der Waals surface area contributed by atoms with E-state index in [0.29, 0.717) is 6.42 Å². The van der Waals surface area contributed by atoms with Crippen molar-refractivity contribution in [2.75, 3.05) is 0 Å². The molecular formula is C34H60N2O9. The number of unbranched alkanes of at least 4 members (excludes halogenated alkanes) is 15. The first-order valence-corrected chi connectivity index (χ1v) is 17.0. The topological polar surface area (TPSA) is 187 Å². The summed E-state index contributed by atoms with van der Waals surface area (Å²) in [5, 5.41) is 32.3. The molecule has 0 aliphatic carbocycles. The maximum absolute atomic E-state index is 12.3. The van der Waals surface area contributed by atoms with Crippen molar-refractivity contribution in [1.29, 1.82) is 0 Å². The van der Waals surface area contributed by atoms with Gasteiger partial charge in [0.25, 0.3) is 0 Å². The molecule has 0 aromatic carbocycles. The van der Waals surface area contributed by atoms with Gasteiger partial charge in [-0.2, -0.15) is 0 Å². The van der Waals surface area contributed by atoms with Crippen LogP contribution < -0.4 is 10.6 Å². The standard InChI is InChI=1S/C34H60N2O9/c1-34(2,3)28(37)24-22-26(32(42)43)36-30(39)25-23-27(33(44)45)35-29(38)20-18-16-14-12-10-8-6-4-5-7-9-11-13-15-17-19-21-31(40)41/h26-27H,4-25H2,1-3H3,(H,35,38)(H,36,39)(H,40,41)(H,42,43)(H,44,45)/t26-,27-/m0/s1. The van der Waals surface area contributed by atoms with Crippen LogP contribution >= 0.6 is 0 Å². The third kappa shape index (κ3) is 25.0. The fraction of sp³-hybridized carbons (Fsp3) is 0.824. The maximum atomic E-state index is 12.3. The summed E-state index contributed by atoms with van der Waals surface area (Å²) in [7, 11) is 0. The van der Waals surface area contributed by atoms with Crippen molar-refractivity contribution in [3.63, 3.8) is 0 Å². The molecule has 2 amide bonds. The highest BCUT2D eigenvalue weighted by Gasteiger charge is 2.27. The Morgan fingerprint density at radius 1 is 0.467 bits per heavy atom. The van der Waals surface area contributed by atoms with Crippen molar-refractivity contribution in [2.45, 2.75) is 174 Å². The highest BCUT2D eigenvalue weighted by atomic mass is 16.4. The average molecular weight is 641 g/mol. The molecule has 0 aromatic heterocycles. The van der Waals surface area contributed by atoms with E-state index < -0.39 is 41.3 Å². The zero-order valence-electron chi connectivity index (χ0n) is 28.0. The number of nitrogens with one attached hydrogen (secondary N) is 2. The van der Waals surface area contributed by atoms with E-state index >= 15 is 0 Å². The third-order valence-electron chi connectivity index (χ3n) is 7.97. The van der Waals surface area contributed by atoms with Crippen LogP contribution in [0, 0.1) is 5.41 Å². The lowest BCUT2D eigenvalue weighted by Crippen LogP contribution is -2.44. The van der Waals surface area contributed by atoms with Gasteiger partial charge in [0, 0.05) is 31.1 Å². The van der Waals surface area contributed by atoms with Gasteiger partial charge in [0.1, 0.15) is 17.9 Å². The molecule has 11 heteroatoms. The molecule has 0 unspecified atom stereocenters. The first-order chi connectivity index (χ1) is 21.2. The Balaban J connectivity index is 3.94. The number of hydrogen-bond acceptors (Lipinski definition) is 6. The van der Waals surface area contributed by atoms with E-state index in [2.05, 4.69) is 10.6 Å². The molecule has 2 atom stereocenters. The number of carbonyl (C=O) groups is 6. The highest BCUT2D eigenvalue weighted by molar-refractivity contribution is 5.87. The molecule has 45 heavy (non-hydrogen) atoms. The van der Waals surface area contributed by atoms with Gasteiger partial charge in [0.2, 0.25) is 11.8 Å². The molecule has 11 nitrogen and oxygen atoms in total. The second-order valence-corrected chi connectivity index (χ2v) is 13.2. The van der Waals surface area contributed by atoms with Crippen molar-refractivity contribution < 1.29 is 44.1 Å². The summed E-state index contributed by atoms with van der Waals surface area (Å²) in [6.07, 6.45) is 17.7. The van der Waals surface area contributed by atoms with Crippen molar-refractivity contribution in [2.24, 2.45) is 5.41 Å². The summed E-state index contributed by atoms with van der Waals surface area (Å²) in [5.41, 5.74) is -0.615. The average Bonchev–Trinajstić information content (AvgIpc) is 2.95. The molecule has 5 N–H and O–H groups in total. The van der Waals surface area contributed by atoms with Gasteiger partial charge in [-0.15, -0.1) is 0 Å². The molecule has 0 rings (SSSR count). The molecule has 0 spiro atoms. The van der Waals surface area contributed by atoms with E-state index in [1.807, 2.05) is 0 Å². The van der Waals surface area contributed by atoms with E-state index in [4.69, 9.17) is 5.11 Å². The quantitative estimate of drug-likeness (QED) is 0.0576. The minimum absolute atomic E-state index is 0.00282. The molecule has 0 saturated carbocycles. The number of ketones is 1. The Morgan fingerprint density at radius 3 is 1.11 bits per heavy atom. The van der Waals surface area contributed by atoms with Crippen LogP contribution in [0.5, 0.6) is 0 Å². The summed E-state index contributed by atoms with van der Waals surface area (Å²) < 4.78 is 0. The van der Waals surface area contributed by atoms with E-state index in [1.54, 1.807) is 20.8 Å². The summed E-state index contributed by atoms with van der Waals surface area (Å²) in [6, 6.07) is -2.50. The lowest BCUT2D eigenvalue weighted by atomic mass is 9.87. The summed E-state index contributed by atoms with van der Waals surface area (Å²) in [4.78, 5) is 70.3. The van der Waals surface area contributed by atoms with Crippen molar-refractivity contribution in [1.82, 2.24) is 10.6 Å². The molecule has 260 valence electrons. The second kappa shape index (κ2) is 25.2. The normalized spacial score (nSPS) is 12.7. The molecular weight excluding hydrogens is 580 g/mol. The fourth-order valence-corrected chi connectivity index (χ4v) is 5.01. The number of carbonyl (C=O) groups excluding carboxylic acids is 3. The van der Waals surface area contributed by atoms with Gasteiger partial charge in [-0.3, -0.25) is 19.2 Å². The largest absolute Gasteiger partial charge is 0.481 e. The second-order valence-electron chi connectivity index (χ2n) is 13.2. The van der Waals surface area contributed by atoms with Crippen LogP contribution in [-0.4, -0.2) is 62.9 Å². The van der Waals surface area contributed by atoms with Crippen molar-refractivity contribution in [3.8, 4) is 0 Å². The minimum Gasteiger partial charge on any atom is -0.481 e. The predicted octanol–water partition coefficient (Wildman–Crippen LogP) is 6.41. The van der Waals surface area contributed by atoms with E-state index in [1.165, 1.54) is 57.8 Å². The monoisotopic (exact) mass is 640 g/mol. The van der Waals surface area contributed by atoms with Gasteiger partial charge in [0.15, 0.2) is 0 Å². The Kier molecular flexibility index (Phi) is 23.6. The summed E-state index contributed by atoms with van der Waals surface area (Å²) in [6.45, 7) is 5.20. The number of Topliss-reactive ketones (excluding diaryl/α,β-unsaturated/α-hetero) is 1. The van der Waals surface area contributed by atoms with Gasteiger partial charge >= 0.3 is 17.9 Å². The minimum atomic E-state index is -1.27. The van der Waals surface area contributed by atoms with E-state index in [0.717, 1.165) is 38.5 Å². The molecule has 0 aromatic rings. The van der Waals surface area contributed by atoms with Gasteiger partial charge in [-0.1, -0.05) is 111 Å². The first kappa shape index (κ1) is 42.0. The van der Waals surface area contributed by atoms with Gasteiger partial charge in [0.05, 0.1) is 0 Å². The first-order valence-electron chi connectivity index (χ1n) is 17.0. The highest BCUT2D eigenvalue weighted by Crippen LogP contribution is 2.19. The number of rotatable bonds is 29.